The Hall–Kier alpha value is -3.10. The number of thioether (sulfide) groups is 1. The van der Waals surface area contributed by atoms with Gasteiger partial charge in [-0.05, 0) is 86.6 Å². The van der Waals surface area contributed by atoms with E-state index in [-0.39, 0.29) is 17.2 Å². The number of carbonyl (C=O) groups excluding carboxylic acids is 1. The summed E-state index contributed by atoms with van der Waals surface area (Å²) in [5, 5.41) is 4.20. The molecular formula is C28H29N3O3S2. The van der Waals surface area contributed by atoms with Crippen molar-refractivity contribution in [3.63, 3.8) is 0 Å². The smallest absolute Gasteiger partial charge is 0.267 e. The average molecular weight is 520 g/mol. The summed E-state index contributed by atoms with van der Waals surface area (Å²) in [7, 11) is 0. The molecule has 1 aliphatic carbocycles. The highest BCUT2D eigenvalue weighted by molar-refractivity contribution is 7.99. The number of carbonyl (C=O) groups is 1. The lowest BCUT2D eigenvalue weighted by atomic mass is 9.97. The Morgan fingerprint density at radius 2 is 1.83 bits per heavy atom. The minimum absolute atomic E-state index is 0.0679. The van der Waals surface area contributed by atoms with E-state index >= 15 is 0 Å². The monoisotopic (exact) mass is 519 g/mol. The summed E-state index contributed by atoms with van der Waals surface area (Å²) in [6.45, 7) is 4.61. The summed E-state index contributed by atoms with van der Waals surface area (Å²) in [6.07, 6.45) is 5.11. The van der Waals surface area contributed by atoms with Crippen molar-refractivity contribution in [2.24, 2.45) is 0 Å². The molecule has 0 spiro atoms. The van der Waals surface area contributed by atoms with Gasteiger partial charge in [0.15, 0.2) is 5.16 Å². The van der Waals surface area contributed by atoms with Gasteiger partial charge in [0.1, 0.15) is 10.6 Å². The Morgan fingerprint density at radius 1 is 1.08 bits per heavy atom. The van der Waals surface area contributed by atoms with Crippen LogP contribution < -0.4 is 15.6 Å². The maximum atomic E-state index is 13.9. The molecule has 8 heteroatoms. The molecule has 186 valence electrons. The van der Waals surface area contributed by atoms with Crippen LogP contribution in [0.15, 0.2) is 58.5 Å². The number of hydrogen-bond donors (Lipinski definition) is 1. The number of hydrogen-bond acceptors (Lipinski definition) is 6. The molecule has 1 N–H and O–H groups in total. The largest absolute Gasteiger partial charge is 0.494 e. The highest BCUT2D eigenvalue weighted by Crippen LogP contribution is 2.35. The van der Waals surface area contributed by atoms with Crippen LogP contribution in [0.2, 0.25) is 0 Å². The van der Waals surface area contributed by atoms with E-state index < -0.39 is 0 Å². The van der Waals surface area contributed by atoms with Crippen LogP contribution in [0.5, 0.6) is 5.75 Å². The van der Waals surface area contributed by atoms with Gasteiger partial charge in [0.25, 0.3) is 5.56 Å². The van der Waals surface area contributed by atoms with Crippen molar-refractivity contribution in [2.45, 2.75) is 51.1 Å². The first-order valence-corrected chi connectivity index (χ1v) is 14.2. The van der Waals surface area contributed by atoms with Gasteiger partial charge in [-0.2, -0.15) is 0 Å². The summed E-state index contributed by atoms with van der Waals surface area (Å²) in [5.41, 5.74) is 3.78. The molecule has 0 saturated heterocycles. The van der Waals surface area contributed by atoms with Crippen molar-refractivity contribution in [3.05, 3.63) is 74.9 Å². The lowest BCUT2D eigenvalue weighted by Gasteiger charge is -2.14. The van der Waals surface area contributed by atoms with Crippen molar-refractivity contribution in [3.8, 4) is 11.4 Å². The number of fused-ring (bicyclic) bond motifs is 3. The van der Waals surface area contributed by atoms with Gasteiger partial charge in [0, 0.05) is 10.6 Å². The molecule has 2 aromatic carbocycles. The van der Waals surface area contributed by atoms with Crippen LogP contribution in [0.1, 0.15) is 42.7 Å². The summed E-state index contributed by atoms with van der Waals surface area (Å²) < 4.78 is 7.23. The van der Waals surface area contributed by atoms with Gasteiger partial charge in [-0.15, -0.1) is 11.3 Å². The van der Waals surface area contributed by atoms with Gasteiger partial charge in [0.05, 0.1) is 23.4 Å². The van der Waals surface area contributed by atoms with Gasteiger partial charge in [-0.25, -0.2) is 4.98 Å². The van der Waals surface area contributed by atoms with Gasteiger partial charge in [0.2, 0.25) is 5.91 Å². The molecule has 0 unspecified atom stereocenters. The number of benzene rings is 2. The summed E-state index contributed by atoms with van der Waals surface area (Å²) in [6, 6.07) is 15.3. The van der Waals surface area contributed by atoms with Crippen LogP contribution >= 0.6 is 23.1 Å². The SMILES string of the molecule is CCOc1ccc(-n2c(SCC(=O)Nc3ccc(CC)cc3)nc3sc4c(c3c2=O)CCCC4)cc1. The molecule has 1 amide bonds. The molecule has 1 aliphatic rings. The van der Waals surface area contributed by atoms with Gasteiger partial charge in [-0.3, -0.25) is 14.2 Å². The predicted octanol–water partition coefficient (Wildman–Crippen LogP) is 6.02. The van der Waals surface area contributed by atoms with Crippen LogP contribution in [-0.2, 0) is 24.1 Å². The quantitative estimate of drug-likeness (QED) is 0.228. The fourth-order valence-corrected chi connectivity index (χ4v) is 6.64. The number of rotatable bonds is 8. The van der Waals surface area contributed by atoms with E-state index in [0.717, 1.165) is 59.3 Å². The molecule has 0 aliphatic heterocycles. The zero-order valence-corrected chi connectivity index (χ0v) is 22.1. The molecule has 2 aromatic heterocycles. The normalized spacial score (nSPS) is 12.9. The van der Waals surface area contributed by atoms with Crippen molar-refractivity contribution in [1.82, 2.24) is 9.55 Å². The van der Waals surface area contributed by atoms with Crippen LogP contribution in [0, 0.1) is 0 Å². The molecule has 5 rings (SSSR count). The van der Waals surface area contributed by atoms with E-state index in [1.807, 2.05) is 55.5 Å². The molecular weight excluding hydrogens is 490 g/mol. The van der Waals surface area contributed by atoms with E-state index in [9.17, 15) is 9.59 Å². The summed E-state index contributed by atoms with van der Waals surface area (Å²) in [4.78, 5) is 33.6. The first-order chi connectivity index (χ1) is 17.6. The van der Waals surface area contributed by atoms with Crippen molar-refractivity contribution < 1.29 is 9.53 Å². The number of ether oxygens (including phenoxy) is 1. The Bertz CT molecular complexity index is 1440. The lowest BCUT2D eigenvalue weighted by Crippen LogP contribution is -2.23. The van der Waals surface area contributed by atoms with E-state index in [2.05, 4.69) is 12.2 Å². The number of thiophene rings is 1. The van der Waals surface area contributed by atoms with Gasteiger partial charge < -0.3 is 10.1 Å². The molecule has 6 nitrogen and oxygen atoms in total. The van der Waals surface area contributed by atoms with Crippen LogP contribution in [0.4, 0.5) is 5.69 Å². The average Bonchev–Trinajstić information content (AvgIpc) is 3.27. The van der Waals surface area contributed by atoms with Gasteiger partial charge >= 0.3 is 0 Å². The van der Waals surface area contributed by atoms with Crippen LogP contribution in [-0.4, -0.2) is 27.8 Å². The third-order valence-corrected chi connectivity index (χ3v) is 8.47. The van der Waals surface area contributed by atoms with Gasteiger partial charge in [-0.1, -0.05) is 30.8 Å². The Kier molecular flexibility index (Phi) is 7.43. The van der Waals surface area contributed by atoms with Crippen LogP contribution in [0.25, 0.3) is 15.9 Å². The van der Waals surface area contributed by atoms with E-state index in [4.69, 9.17) is 9.72 Å². The fraction of sp³-hybridized carbons (Fsp3) is 0.321. The predicted molar refractivity (Wildman–Crippen MR) is 148 cm³/mol. The Balaban J connectivity index is 1.48. The first kappa shape index (κ1) is 24.6. The second kappa shape index (κ2) is 10.9. The molecule has 0 radical (unpaired) electrons. The number of amides is 1. The Labute approximate surface area is 218 Å². The third kappa shape index (κ3) is 5.06. The van der Waals surface area contributed by atoms with E-state index in [0.29, 0.717) is 17.5 Å². The number of nitrogens with zero attached hydrogens (tertiary/aromatic N) is 2. The third-order valence-electron chi connectivity index (χ3n) is 6.34. The minimum Gasteiger partial charge on any atom is -0.494 e. The molecule has 0 saturated carbocycles. The highest BCUT2D eigenvalue weighted by atomic mass is 32.2. The van der Waals surface area contributed by atoms with Crippen molar-refractivity contribution in [2.75, 3.05) is 17.7 Å². The van der Waals surface area contributed by atoms with E-state index in [1.165, 1.54) is 22.2 Å². The number of nitrogens with one attached hydrogen (secondary N) is 1. The molecule has 36 heavy (non-hydrogen) atoms. The fourth-order valence-electron chi connectivity index (χ4n) is 4.52. The molecule has 2 heterocycles. The molecule has 4 aromatic rings. The molecule has 0 atom stereocenters. The highest BCUT2D eigenvalue weighted by Gasteiger charge is 2.23. The number of anilines is 1. The zero-order valence-electron chi connectivity index (χ0n) is 20.5. The van der Waals surface area contributed by atoms with Crippen molar-refractivity contribution >= 4 is 44.9 Å². The van der Waals surface area contributed by atoms with E-state index in [1.54, 1.807) is 15.9 Å². The molecule has 0 bridgehead atoms. The molecule has 0 fully saturated rings. The first-order valence-electron chi connectivity index (χ1n) is 12.4. The minimum atomic E-state index is -0.137. The Morgan fingerprint density at radius 3 is 2.56 bits per heavy atom. The number of aryl methyl sites for hydroxylation is 3. The zero-order chi connectivity index (χ0) is 25.1. The summed E-state index contributed by atoms with van der Waals surface area (Å²) >= 11 is 2.90. The topological polar surface area (TPSA) is 73.2 Å². The second-order valence-electron chi connectivity index (χ2n) is 8.74. The summed E-state index contributed by atoms with van der Waals surface area (Å²) in [5.74, 6) is 0.761. The standard InChI is InChI=1S/C28H29N3O3S2/c1-3-18-9-11-19(12-10-18)29-24(32)17-35-28-30-26-25(22-7-5-6-8-23(22)36-26)27(33)31(28)20-13-15-21(16-14-20)34-4-2/h9-16H,3-8,17H2,1-2H3,(H,29,32). The lowest BCUT2D eigenvalue weighted by molar-refractivity contribution is -0.113. The maximum Gasteiger partial charge on any atom is 0.267 e. The van der Waals surface area contributed by atoms with Crippen molar-refractivity contribution in [1.29, 1.82) is 0 Å². The number of aromatic nitrogens is 2. The second-order valence-corrected chi connectivity index (χ2v) is 10.8. The maximum absolute atomic E-state index is 13.9. The van der Waals surface area contributed by atoms with Crippen LogP contribution in [0.3, 0.4) is 0 Å².